The molecule has 126 valence electrons. The van der Waals surface area contributed by atoms with Gasteiger partial charge in [-0.1, -0.05) is 11.2 Å². The van der Waals surface area contributed by atoms with Gasteiger partial charge in [0.2, 0.25) is 0 Å². The summed E-state index contributed by atoms with van der Waals surface area (Å²) >= 11 is 0. The third-order valence-corrected chi connectivity index (χ3v) is 4.61. The molecular weight excluding hydrogens is 310 g/mol. The normalized spacial score (nSPS) is 19.8. The number of aromatic nitrogens is 2. The second-order valence-electron chi connectivity index (χ2n) is 6.08. The lowest BCUT2D eigenvalue weighted by Gasteiger charge is -2.37. The maximum atomic E-state index is 13.0. The summed E-state index contributed by atoms with van der Waals surface area (Å²) in [5, 5.41) is 4.04. The number of aryl methyl sites for hydroxylation is 1. The second-order valence-corrected chi connectivity index (χ2v) is 6.08. The summed E-state index contributed by atoms with van der Waals surface area (Å²) in [5.74, 6) is -0.0684. The van der Waals surface area contributed by atoms with Crippen molar-refractivity contribution < 1.29 is 18.8 Å². The minimum atomic E-state index is -0.496. The SMILES string of the molecule is Cc1onc(-c2ccccn2)c1C(=O)N1CCC2(CC1)OCCO2. The van der Waals surface area contributed by atoms with Gasteiger partial charge in [-0.15, -0.1) is 0 Å². The van der Waals surface area contributed by atoms with Crippen LogP contribution in [0.3, 0.4) is 0 Å². The number of rotatable bonds is 2. The van der Waals surface area contributed by atoms with Gasteiger partial charge in [-0.25, -0.2) is 0 Å². The van der Waals surface area contributed by atoms with Crippen molar-refractivity contribution in [2.24, 2.45) is 0 Å². The van der Waals surface area contributed by atoms with Crippen LogP contribution in [0.15, 0.2) is 28.9 Å². The Morgan fingerprint density at radius 3 is 2.62 bits per heavy atom. The molecule has 0 bridgehead atoms. The number of hydrogen-bond donors (Lipinski definition) is 0. The Morgan fingerprint density at radius 1 is 1.21 bits per heavy atom. The molecule has 7 nitrogen and oxygen atoms in total. The molecule has 2 aromatic rings. The Morgan fingerprint density at radius 2 is 1.96 bits per heavy atom. The summed E-state index contributed by atoms with van der Waals surface area (Å²) in [4.78, 5) is 19.1. The molecule has 4 heterocycles. The van der Waals surface area contributed by atoms with Crippen molar-refractivity contribution in [3.63, 3.8) is 0 Å². The van der Waals surface area contributed by atoms with Gasteiger partial charge in [0.05, 0.1) is 18.9 Å². The molecule has 0 saturated carbocycles. The molecule has 0 N–H and O–H groups in total. The van der Waals surface area contributed by atoms with Crippen LogP contribution in [0.1, 0.15) is 29.0 Å². The summed E-state index contributed by atoms with van der Waals surface area (Å²) in [5.41, 5.74) is 1.61. The highest BCUT2D eigenvalue weighted by atomic mass is 16.7. The number of likely N-dealkylation sites (tertiary alicyclic amines) is 1. The highest BCUT2D eigenvalue weighted by molar-refractivity contribution is 6.00. The van der Waals surface area contributed by atoms with Gasteiger partial charge in [-0.05, 0) is 19.1 Å². The standard InChI is InChI=1S/C17H19N3O4/c1-12-14(15(19-24-12)13-4-2-3-7-18-13)16(21)20-8-5-17(6-9-20)22-10-11-23-17/h2-4,7H,5-6,8-11H2,1H3. The lowest BCUT2D eigenvalue weighted by molar-refractivity contribution is -0.181. The molecule has 24 heavy (non-hydrogen) atoms. The molecular formula is C17H19N3O4. The minimum Gasteiger partial charge on any atom is -0.360 e. The molecule has 0 unspecified atom stereocenters. The summed E-state index contributed by atoms with van der Waals surface area (Å²) in [6.07, 6.45) is 3.04. The van der Waals surface area contributed by atoms with E-state index in [9.17, 15) is 4.79 Å². The fourth-order valence-corrected chi connectivity index (χ4v) is 3.30. The van der Waals surface area contributed by atoms with E-state index in [0.29, 0.717) is 61.9 Å². The van der Waals surface area contributed by atoms with Crippen LogP contribution in [0.4, 0.5) is 0 Å². The third-order valence-electron chi connectivity index (χ3n) is 4.61. The van der Waals surface area contributed by atoms with Gasteiger partial charge in [0.15, 0.2) is 5.79 Å². The maximum Gasteiger partial charge on any atom is 0.259 e. The molecule has 2 fully saturated rings. The topological polar surface area (TPSA) is 77.7 Å². The van der Waals surface area contributed by atoms with Crippen molar-refractivity contribution in [2.45, 2.75) is 25.6 Å². The predicted molar refractivity (Wildman–Crippen MR) is 84.2 cm³/mol. The zero-order valence-electron chi connectivity index (χ0n) is 13.5. The number of amides is 1. The number of piperidine rings is 1. The van der Waals surface area contributed by atoms with E-state index in [-0.39, 0.29) is 5.91 Å². The Hall–Kier alpha value is -2.25. The first-order valence-corrected chi connectivity index (χ1v) is 8.13. The second kappa shape index (κ2) is 5.99. The molecule has 2 aliphatic rings. The number of nitrogens with zero attached hydrogens (tertiary/aromatic N) is 3. The van der Waals surface area contributed by atoms with Crippen LogP contribution in [0.5, 0.6) is 0 Å². The molecule has 0 aliphatic carbocycles. The van der Waals surface area contributed by atoms with Crippen molar-refractivity contribution in [3.8, 4) is 11.4 Å². The van der Waals surface area contributed by atoms with E-state index in [1.54, 1.807) is 13.1 Å². The zero-order valence-corrected chi connectivity index (χ0v) is 13.5. The van der Waals surface area contributed by atoms with E-state index in [0.717, 1.165) is 0 Å². The van der Waals surface area contributed by atoms with E-state index >= 15 is 0 Å². The lowest BCUT2D eigenvalue weighted by Crippen LogP contribution is -2.47. The van der Waals surface area contributed by atoms with E-state index < -0.39 is 5.79 Å². The first-order chi connectivity index (χ1) is 11.7. The first-order valence-electron chi connectivity index (χ1n) is 8.13. The molecule has 0 atom stereocenters. The van der Waals surface area contributed by atoms with Crippen LogP contribution in [0, 0.1) is 6.92 Å². The predicted octanol–water partition coefficient (Wildman–Crippen LogP) is 2.02. The summed E-state index contributed by atoms with van der Waals surface area (Å²) in [7, 11) is 0. The van der Waals surface area contributed by atoms with Crippen LogP contribution in [0.25, 0.3) is 11.4 Å². The van der Waals surface area contributed by atoms with Crippen molar-refractivity contribution in [1.29, 1.82) is 0 Å². The average Bonchev–Trinajstić information content (AvgIpc) is 3.23. The lowest BCUT2D eigenvalue weighted by atomic mass is 10.0. The molecule has 0 radical (unpaired) electrons. The fourth-order valence-electron chi connectivity index (χ4n) is 3.30. The van der Waals surface area contributed by atoms with Crippen LogP contribution in [-0.2, 0) is 9.47 Å². The number of carbonyl (C=O) groups excluding carboxylic acids is 1. The fraction of sp³-hybridized carbons (Fsp3) is 0.471. The van der Waals surface area contributed by atoms with Crippen LogP contribution in [0.2, 0.25) is 0 Å². The van der Waals surface area contributed by atoms with E-state index in [2.05, 4.69) is 10.1 Å². The van der Waals surface area contributed by atoms with Crippen LogP contribution in [-0.4, -0.2) is 53.0 Å². The van der Waals surface area contributed by atoms with E-state index in [1.807, 2.05) is 23.1 Å². The zero-order chi connectivity index (χ0) is 16.6. The van der Waals surface area contributed by atoms with Gasteiger partial charge in [-0.2, -0.15) is 0 Å². The van der Waals surface area contributed by atoms with Crippen molar-refractivity contribution in [1.82, 2.24) is 15.0 Å². The number of carbonyl (C=O) groups is 1. The first kappa shape index (κ1) is 15.3. The Kier molecular flexibility index (Phi) is 3.82. The van der Waals surface area contributed by atoms with Crippen molar-refractivity contribution in [3.05, 3.63) is 35.7 Å². The summed E-state index contributed by atoms with van der Waals surface area (Å²) < 4.78 is 16.7. The number of pyridine rings is 1. The van der Waals surface area contributed by atoms with E-state index in [1.165, 1.54) is 0 Å². The Balaban J connectivity index is 1.56. The van der Waals surface area contributed by atoms with E-state index in [4.69, 9.17) is 14.0 Å². The molecule has 4 rings (SSSR count). The molecule has 1 amide bonds. The number of hydrogen-bond acceptors (Lipinski definition) is 6. The van der Waals surface area contributed by atoms with Gasteiger partial charge in [0, 0.05) is 32.1 Å². The molecule has 2 aliphatic heterocycles. The average molecular weight is 329 g/mol. The largest absolute Gasteiger partial charge is 0.360 e. The highest BCUT2D eigenvalue weighted by Crippen LogP contribution is 2.33. The van der Waals surface area contributed by atoms with Gasteiger partial charge < -0.3 is 18.9 Å². The van der Waals surface area contributed by atoms with Crippen molar-refractivity contribution >= 4 is 5.91 Å². The third kappa shape index (κ3) is 2.59. The van der Waals surface area contributed by atoms with Gasteiger partial charge in [0.1, 0.15) is 17.0 Å². The molecule has 2 aromatic heterocycles. The monoisotopic (exact) mass is 329 g/mol. The number of ether oxygens (including phenoxy) is 2. The Labute approximate surface area is 139 Å². The summed E-state index contributed by atoms with van der Waals surface area (Å²) in [6.45, 7) is 4.18. The smallest absolute Gasteiger partial charge is 0.259 e. The molecule has 7 heteroatoms. The van der Waals surface area contributed by atoms with Crippen LogP contribution < -0.4 is 0 Å². The quantitative estimate of drug-likeness (QED) is 0.839. The van der Waals surface area contributed by atoms with Gasteiger partial charge >= 0.3 is 0 Å². The summed E-state index contributed by atoms with van der Waals surface area (Å²) in [6, 6.07) is 5.50. The molecule has 1 spiro atoms. The minimum absolute atomic E-state index is 0.0812. The van der Waals surface area contributed by atoms with Gasteiger partial charge in [-0.3, -0.25) is 9.78 Å². The van der Waals surface area contributed by atoms with Gasteiger partial charge in [0.25, 0.3) is 5.91 Å². The van der Waals surface area contributed by atoms with Crippen molar-refractivity contribution in [2.75, 3.05) is 26.3 Å². The molecule has 0 aromatic carbocycles. The highest BCUT2D eigenvalue weighted by Gasteiger charge is 2.41. The Bertz CT molecular complexity index is 728. The molecule has 2 saturated heterocycles. The maximum absolute atomic E-state index is 13.0. The van der Waals surface area contributed by atoms with Crippen LogP contribution >= 0.6 is 0 Å².